The summed E-state index contributed by atoms with van der Waals surface area (Å²) in [4.78, 5) is 29.7. The van der Waals surface area contributed by atoms with E-state index < -0.39 is 6.04 Å². The van der Waals surface area contributed by atoms with Gasteiger partial charge in [-0.3, -0.25) is 14.6 Å². The summed E-state index contributed by atoms with van der Waals surface area (Å²) in [6.45, 7) is 0.720. The number of nitrogens with one attached hydrogen (secondary N) is 2. The van der Waals surface area contributed by atoms with E-state index in [1.807, 2.05) is 48.5 Å². The maximum Gasteiger partial charge on any atom is 0.253 e. The zero-order chi connectivity index (χ0) is 20.8. The quantitative estimate of drug-likeness (QED) is 0.664. The molecule has 1 aromatic heterocycles. The zero-order valence-corrected chi connectivity index (χ0v) is 16.5. The number of ether oxygens (including phenoxy) is 1. The van der Waals surface area contributed by atoms with Crippen molar-refractivity contribution in [1.29, 1.82) is 0 Å². The first-order chi connectivity index (χ1) is 14.7. The Hall–Kier alpha value is -3.67. The van der Waals surface area contributed by atoms with Crippen molar-refractivity contribution in [2.45, 2.75) is 25.3 Å². The summed E-state index contributed by atoms with van der Waals surface area (Å²) in [5, 5.41) is 5.79. The fourth-order valence-electron chi connectivity index (χ4n) is 3.47. The molecule has 0 saturated carbocycles. The van der Waals surface area contributed by atoms with E-state index in [4.69, 9.17) is 4.74 Å². The van der Waals surface area contributed by atoms with Crippen molar-refractivity contribution in [2.75, 3.05) is 11.9 Å². The molecule has 2 aromatic carbocycles. The molecule has 0 fully saturated rings. The van der Waals surface area contributed by atoms with Gasteiger partial charge < -0.3 is 15.4 Å². The zero-order valence-electron chi connectivity index (χ0n) is 16.5. The van der Waals surface area contributed by atoms with Crippen LogP contribution in [-0.4, -0.2) is 29.4 Å². The molecule has 0 saturated heterocycles. The number of amides is 2. The van der Waals surface area contributed by atoms with Gasteiger partial charge in [0.05, 0.1) is 12.2 Å². The normalized spacial score (nSPS) is 13.5. The van der Waals surface area contributed by atoms with Gasteiger partial charge in [0, 0.05) is 24.5 Å². The molecule has 1 aliphatic heterocycles. The van der Waals surface area contributed by atoms with Crippen molar-refractivity contribution in [2.24, 2.45) is 0 Å². The van der Waals surface area contributed by atoms with Gasteiger partial charge in [-0.2, -0.15) is 0 Å². The van der Waals surface area contributed by atoms with Crippen molar-refractivity contribution in [3.63, 3.8) is 0 Å². The number of carbonyl (C=O) groups is 2. The van der Waals surface area contributed by atoms with Gasteiger partial charge in [0.25, 0.3) is 5.91 Å². The minimum atomic E-state index is -0.729. The predicted octanol–water partition coefficient (Wildman–Crippen LogP) is 3.39. The second-order valence-corrected chi connectivity index (χ2v) is 7.22. The van der Waals surface area contributed by atoms with E-state index in [1.165, 1.54) is 6.20 Å². The Morgan fingerprint density at radius 3 is 2.73 bits per heavy atom. The lowest BCUT2D eigenvalue weighted by Crippen LogP contribution is -2.45. The SMILES string of the molecule is O=C(NC(Cc1ccccc1)C(=O)Nc1ccc2c(c1)CCCO2)c1cccnc1. The first-order valence-corrected chi connectivity index (χ1v) is 10.0. The Morgan fingerprint density at radius 1 is 1.07 bits per heavy atom. The summed E-state index contributed by atoms with van der Waals surface area (Å²) in [5.41, 5.74) is 3.15. The first-order valence-electron chi connectivity index (χ1n) is 10.0. The number of hydrogen-bond donors (Lipinski definition) is 2. The lowest BCUT2D eigenvalue weighted by Gasteiger charge is -2.21. The van der Waals surface area contributed by atoms with Gasteiger partial charge in [-0.15, -0.1) is 0 Å². The Labute approximate surface area is 175 Å². The molecule has 0 spiro atoms. The summed E-state index contributed by atoms with van der Waals surface area (Å²) < 4.78 is 5.64. The van der Waals surface area contributed by atoms with Gasteiger partial charge in [-0.25, -0.2) is 0 Å². The molecule has 2 amide bonds. The fraction of sp³-hybridized carbons (Fsp3) is 0.208. The van der Waals surface area contributed by atoms with Crippen LogP contribution in [0.4, 0.5) is 5.69 Å². The lowest BCUT2D eigenvalue weighted by atomic mass is 10.0. The second kappa shape index (κ2) is 9.22. The molecule has 0 radical (unpaired) electrons. The van der Waals surface area contributed by atoms with Gasteiger partial charge in [0.2, 0.25) is 5.91 Å². The first kappa shape index (κ1) is 19.6. The van der Waals surface area contributed by atoms with Crippen LogP contribution in [0.1, 0.15) is 27.9 Å². The summed E-state index contributed by atoms with van der Waals surface area (Å²) >= 11 is 0. The third-order valence-corrected chi connectivity index (χ3v) is 5.00. The van der Waals surface area contributed by atoms with E-state index >= 15 is 0 Å². The minimum absolute atomic E-state index is 0.271. The molecule has 1 unspecified atom stereocenters. The maximum absolute atomic E-state index is 13.1. The number of hydrogen-bond acceptors (Lipinski definition) is 4. The third-order valence-electron chi connectivity index (χ3n) is 5.00. The van der Waals surface area contributed by atoms with E-state index in [0.29, 0.717) is 17.7 Å². The van der Waals surface area contributed by atoms with Crippen LogP contribution in [0.25, 0.3) is 0 Å². The highest BCUT2D eigenvalue weighted by molar-refractivity contribution is 6.01. The van der Waals surface area contributed by atoms with Crippen LogP contribution < -0.4 is 15.4 Å². The summed E-state index contributed by atoms with van der Waals surface area (Å²) in [6, 6.07) is 17.9. The number of fused-ring (bicyclic) bond motifs is 1. The van der Waals surface area contributed by atoms with Gasteiger partial charge in [-0.05, 0) is 54.3 Å². The molecule has 6 heteroatoms. The molecule has 1 atom stereocenters. The van der Waals surface area contributed by atoms with Crippen molar-refractivity contribution < 1.29 is 14.3 Å². The van der Waals surface area contributed by atoms with Crippen LogP contribution in [0.3, 0.4) is 0 Å². The maximum atomic E-state index is 13.1. The van der Waals surface area contributed by atoms with E-state index in [9.17, 15) is 9.59 Å². The molecule has 152 valence electrons. The van der Waals surface area contributed by atoms with Crippen LogP contribution in [0.5, 0.6) is 5.75 Å². The third kappa shape index (κ3) is 4.84. The molecule has 2 N–H and O–H groups in total. The Bertz CT molecular complexity index is 1020. The molecule has 2 heterocycles. The molecular formula is C24H23N3O3. The molecular weight excluding hydrogens is 378 g/mol. The summed E-state index contributed by atoms with van der Waals surface area (Å²) in [5.74, 6) is 0.260. The number of aromatic nitrogens is 1. The van der Waals surface area contributed by atoms with Crippen molar-refractivity contribution in [1.82, 2.24) is 10.3 Å². The van der Waals surface area contributed by atoms with E-state index in [1.54, 1.807) is 18.3 Å². The second-order valence-electron chi connectivity index (χ2n) is 7.22. The van der Waals surface area contributed by atoms with E-state index in [2.05, 4.69) is 15.6 Å². The van der Waals surface area contributed by atoms with Crippen LogP contribution in [-0.2, 0) is 17.6 Å². The van der Waals surface area contributed by atoms with Crippen molar-refractivity contribution >= 4 is 17.5 Å². The van der Waals surface area contributed by atoms with Gasteiger partial charge >= 0.3 is 0 Å². The van der Waals surface area contributed by atoms with E-state index in [-0.39, 0.29) is 11.8 Å². The Morgan fingerprint density at radius 2 is 1.93 bits per heavy atom. The van der Waals surface area contributed by atoms with Crippen LogP contribution >= 0.6 is 0 Å². The number of rotatable bonds is 6. The monoisotopic (exact) mass is 401 g/mol. The standard InChI is InChI=1S/C24H23N3O3/c28-23(19-8-4-12-25-16-19)27-21(14-17-6-2-1-3-7-17)24(29)26-20-10-11-22-18(15-20)9-5-13-30-22/h1-4,6-8,10-12,15-16,21H,5,9,13-14H2,(H,26,29)(H,27,28). The van der Waals surface area contributed by atoms with Crippen LogP contribution in [0.15, 0.2) is 73.1 Å². The highest BCUT2D eigenvalue weighted by atomic mass is 16.5. The van der Waals surface area contributed by atoms with Gasteiger partial charge in [-0.1, -0.05) is 30.3 Å². The molecule has 30 heavy (non-hydrogen) atoms. The highest BCUT2D eigenvalue weighted by Gasteiger charge is 2.23. The van der Waals surface area contributed by atoms with Gasteiger partial charge in [0.15, 0.2) is 0 Å². The average Bonchev–Trinajstić information content (AvgIpc) is 2.80. The molecule has 1 aliphatic rings. The lowest BCUT2D eigenvalue weighted by molar-refractivity contribution is -0.118. The fourth-order valence-corrected chi connectivity index (χ4v) is 3.47. The van der Waals surface area contributed by atoms with Crippen molar-refractivity contribution in [3.05, 3.63) is 89.7 Å². The molecule has 3 aromatic rings. The number of carbonyl (C=O) groups excluding carboxylic acids is 2. The van der Waals surface area contributed by atoms with Gasteiger partial charge in [0.1, 0.15) is 11.8 Å². The average molecular weight is 401 g/mol. The molecule has 0 bridgehead atoms. The Balaban J connectivity index is 1.52. The minimum Gasteiger partial charge on any atom is -0.493 e. The Kier molecular flexibility index (Phi) is 6.03. The summed E-state index contributed by atoms with van der Waals surface area (Å²) in [7, 11) is 0. The number of benzene rings is 2. The number of nitrogens with zero attached hydrogens (tertiary/aromatic N) is 1. The number of anilines is 1. The van der Waals surface area contributed by atoms with Crippen LogP contribution in [0, 0.1) is 0 Å². The molecule has 6 nitrogen and oxygen atoms in total. The van der Waals surface area contributed by atoms with E-state index in [0.717, 1.165) is 36.3 Å². The highest BCUT2D eigenvalue weighted by Crippen LogP contribution is 2.27. The topological polar surface area (TPSA) is 80.3 Å². The molecule has 0 aliphatic carbocycles. The smallest absolute Gasteiger partial charge is 0.253 e. The predicted molar refractivity (Wildman–Crippen MR) is 115 cm³/mol. The summed E-state index contributed by atoms with van der Waals surface area (Å²) in [6.07, 6.45) is 5.35. The number of pyridine rings is 1. The van der Waals surface area contributed by atoms with Crippen molar-refractivity contribution in [3.8, 4) is 5.75 Å². The molecule has 4 rings (SSSR count). The largest absolute Gasteiger partial charge is 0.493 e. The van der Waals surface area contributed by atoms with Crippen LogP contribution in [0.2, 0.25) is 0 Å². The number of aryl methyl sites for hydroxylation is 1.